The molecule has 0 aliphatic heterocycles. The lowest BCUT2D eigenvalue weighted by atomic mass is 10.1. The lowest BCUT2D eigenvalue weighted by Gasteiger charge is -2.04. The van der Waals surface area contributed by atoms with Crippen molar-refractivity contribution in [3.05, 3.63) is 40.7 Å². The number of rotatable bonds is 3. The first-order valence-electron chi connectivity index (χ1n) is 6.39. The number of nitrogens with one attached hydrogen (secondary N) is 1. The molecule has 1 aromatic heterocycles. The van der Waals surface area contributed by atoms with Crippen LogP contribution < -0.4 is 5.73 Å². The summed E-state index contributed by atoms with van der Waals surface area (Å²) in [6.45, 7) is 8.99. The van der Waals surface area contributed by atoms with Crippen LogP contribution >= 0.6 is 0 Å². The van der Waals surface area contributed by atoms with Crippen molar-refractivity contribution in [2.45, 2.75) is 40.2 Å². The monoisotopic (exact) mass is 243 g/mol. The average Bonchev–Trinajstić information content (AvgIpc) is 2.76. The van der Waals surface area contributed by atoms with Gasteiger partial charge < -0.3 is 10.7 Å². The summed E-state index contributed by atoms with van der Waals surface area (Å²) in [4.78, 5) is 8.08. The van der Waals surface area contributed by atoms with Gasteiger partial charge in [0.05, 0.1) is 11.4 Å². The summed E-state index contributed by atoms with van der Waals surface area (Å²) in [5.74, 6) is 1.32. The maximum absolute atomic E-state index is 5.78. The van der Waals surface area contributed by atoms with Crippen LogP contribution in [0.2, 0.25) is 0 Å². The van der Waals surface area contributed by atoms with Gasteiger partial charge in [0.25, 0.3) is 0 Å². The van der Waals surface area contributed by atoms with Crippen molar-refractivity contribution < 1.29 is 0 Å². The molecule has 3 heteroatoms. The number of aryl methyl sites for hydroxylation is 2. The van der Waals surface area contributed by atoms with Crippen LogP contribution in [0.25, 0.3) is 11.4 Å². The van der Waals surface area contributed by atoms with Crippen LogP contribution in [0.1, 0.15) is 42.3 Å². The molecule has 0 aliphatic rings. The van der Waals surface area contributed by atoms with Gasteiger partial charge in [-0.1, -0.05) is 31.5 Å². The predicted octanol–water partition coefficient (Wildman–Crippen LogP) is 3.28. The second-order valence-electron chi connectivity index (χ2n) is 5.13. The van der Waals surface area contributed by atoms with E-state index in [4.69, 9.17) is 10.7 Å². The molecule has 0 aliphatic carbocycles. The molecule has 96 valence electrons. The molecule has 2 rings (SSSR count). The van der Waals surface area contributed by atoms with E-state index in [1.807, 2.05) is 0 Å². The molecule has 0 fully saturated rings. The fourth-order valence-electron chi connectivity index (χ4n) is 2.17. The van der Waals surface area contributed by atoms with Crippen LogP contribution in [-0.4, -0.2) is 9.97 Å². The Morgan fingerprint density at radius 3 is 2.56 bits per heavy atom. The first kappa shape index (κ1) is 12.8. The minimum atomic E-state index is 0.388. The molecule has 18 heavy (non-hydrogen) atoms. The van der Waals surface area contributed by atoms with E-state index in [0.717, 1.165) is 22.8 Å². The molecule has 1 heterocycles. The van der Waals surface area contributed by atoms with E-state index in [1.54, 1.807) is 0 Å². The molecule has 0 saturated heterocycles. The number of hydrogen-bond acceptors (Lipinski definition) is 2. The summed E-state index contributed by atoms with van der Waals surface area (Å²) in [5, 5.41) is 0. The van der Waals surface area contributed by atoms with Crippen molar-refractivity contribution >= 4 is 0 Å². The van der Waals surface area contributed by atoms with Crippen LogP contribution in [-0.2, 0) is 6.54 Å². The Balaban J connectivity index is 2.54. The van der Waals surface area contributed by atoms with E-state index in [2.05, 4.69) is 50.9 Å². The van der Waals surface area contributed by atoms with Crippen molar-refractivity contribution in [1.82, 2.24) is 9.97 Å². The van der Waals surface area contributed by atoms with Gasteiger partial charge in [0.15, 0.2) is 0 Å². The smallest absolute Gasteiger partial charge is 0.138 e. The highest BCUT2D eigenvalue weighted by Gasteiger charge is 2.14. The van der Waals surface area contributed by atoms with Gasteiger partial charge in [-0.05, 0) is 31.4 Å². The quantitative estimate of drug-likeness (QED) is 0.869. The number of H-pyrrole nitrogens is 1. The highest BCUT2D eigenvalue weighted by atomic mass is 15.0. The molecule has 3 nitrogen and oxygen atoms in total. The SMILES string of the molecule is Cc1ccc(C)c(-c2nc(C(C)C)c(CN)[nH]2)c1. The molecule has 2 aromatic rings. The Kier molecular flexibility index (Phi) is 3.53. The molecule has 0 amide bonds. The third-order valence-electron chi connectivity index (χ3n) is 3.21. The molecule has 0 unspecified atom stereocenters. The molecular formula is C15H21N3. The summed E-state index contributed by atoms with van der Waals surface area (Å²) in [5.41, 5.74) is 11.5. The zero-order chi connectivity index (χ0) is 13.3. The number of imidazole rings is 1. The fraction of sp³-hybridized carbons (Fsp3) is 0.400. The summed E-state index contributed by atoms with van der Waals surface area (Å²) in [6.07, 6.45) is 0. The van der Waals surface area contributed by atoms with Crippen LogP contribution in [0.15, 0.2) is 18.2 Å². The Morgan fingerprint density at radius 2 is 2.00 bits per heavy atom. The van der Waals surface area contributed by atoms with Crippen LogP contribution in [0.3, 0.4) is 0 Å². The zero-order valence-electron chi connectivity index (χ0n) is 11.5. The molecule has 3 N–H and O–H groups in total. The number of aromatic amines is 1. The van der Waals surface area contributed by atoms with Gasteiger partial charge in [-0.15, -0.1) is 0 Å². The highest BCUT2D eigenvalue weighted by Crippen LogP contribution is 2.26. The Hall–Kier alpha value is -1.61. The molecule has 0 saturated carbocycles. The van der Waals surface area contributed by atoms with E-state index < -0.39 is 0 Å². The van der Waals surface area contributed by atoms with Crippen molar-refractivity contribution in [2.75, 3.05) is 0 Å². The van der Waals surface area contributed by atoms with Gasteiger partial charge in [0.1, 0.15) is 5.82 Å². The predicted molar refractivity (Wildman–Crippen MR) is 75.5 cm³/mol. The highest BCUT2D eigenvalue weighted by molar-refractivity contribution is 5.62. The van der Waals surface area contributed by atoms with Gasteiger partial charge in [-0.3, -0.25) is 0 Å². The van der Waals surface area contributed by atoms with Gasteiger partial charge >= 0.3 is 0 Å². The molecular weight excluding hydrogens is 222 g/mol. The van der Waals surface area contributed by atoms with E-state index in [1.165, 1.54) is 11.1 Å². The first-order chi connectivity index (χ1) is 8.52. The lowest BCUT2D eigenvalue weighted by Crippen LogP contribution is -2.02. The molecule has 1 aromatic carbocycles. The second-order valence-corrected chi connectivity index (χ2v) is 5.13. The molecule has 0 radical (unpaired) electrons. The largest absolute Gasteiger partial charge is 0.341 e. The van der Waals surface area contributed by atoms with Crippen molar-refractivity contribution in [2.24, 2.45) is 5.73 Å². The normalized spacial score (nSPS) is 11.2. The van der Waals surface area contributed by atoms with Crippen LogP contribution in [0, 0.1) is 13.8 Å². The maximum atomic E-state index is 5.78. The summed E-state index contributed by atoms with van der Waals surface area (Å²) in [6, 6.07) is 6.41. The fourth-order valence-corrected chi connectivity index (χ4v) is 2.17. The summed E-state index contributed by atoms with van der Waals surface area (Å²) in [7, 11) is 0. The second kappa shape index (κ2) is 4.94. The number of nitrogens with two attached hydrogens (primary N) is 1. The van der Waals surface area contributed by atoms with Crippen LogP contribution in [0.5, 0.6) is 0 Å². The first-order valence-corrected chi connectivity index (χ1v) is 6.39. The van der Waals surface area contributed by atoms with Crippen molar-refractivity contribution in [1.29, 1.82) is 0 Å². The Bertz CT molecular complexity index is 553. The van der Waals surface area contributed by atoms with Gasteiger partial charge in [0.2, 0.25) is 0 Å². The lowest BCUT2D eigenvalue weighted by molar-refractivity contribution is 0.806. The van der Waals surface area contributed by atoms with E-state index >= 15 is 0 Å². The maximum Gasteiger partial charge on any atom is 0.138 e. The number of aromatic nitrogens is 2. The van der Waals surface area contributed by atoms with Gasteiger partial charge in [0, 0.05) is 12.1 Å². The van der Waals surface area contributed by atoms with E-state index in [0.29, 0.717) is 12.5 Å². The van der Waals surface area contributed by atoms with Crippen molar-refractivity contribution in [3.8, 4) is 11.4 Å². The minimum absolute atomic E-state index is 0.388. The third kappa shape index (κ3) is 2.31. The summed E-state index contributed by atoms with van der Waals surface area (Å²) < 4.78 is 0. The van der Waals surface area contributed by atoms with E-state index in [-0.39, 0.29) is 0 Å². The number of nitrogens with zero attached hydrogens (tertiary/aromatic N) is 1. The number of benzene rings is 1. The standard InChI is InChI=1S/C15H21N3/c1-9(2)14-13(8-16)17-15(18-14)12-7-10(3)5-6-11(12)4/h5-7,9H,8,16H2,1-4H3,(H,17,18). The molecule has 0 spiro atoms. The van der Waals surface area contributed by atoms with E-state index in [9.17, 15) is 0 Å². The summed E-state index contributed by atoms with van der Waals surface area (Å²) >= 11 is 0. The molecule has 0 atom stereocenters. The number of hydrogen-bond donors (Lipinski definition) is 2. The Morgan fingerprint density at radius 1 is 1.28 bits per heavy atom. The van der Waals surface area contributed by atoms with Crippen molar-refractivity contribution in [3.63, 3.8) is 0 Å². The zero-order valence-corrected chi connectivity index (χ0v) is 11.5. The third-order valence-corrected chi connectivity index (χ3v) is 3.21. The average molecular weight is 243 g/mol. The molecule has 0 bridgehead atoms. The van der Waals surface area contributed by atoms with Gasteiger partial charge in [-0.2, -0.15) is 0 Å². The van der Waals surface area contributed by atoms with Gasteiger partial charge in [-0.25, -0.2) is 4.98 Å². The topological polar surface area (TPSA) is 54.7 Å². The minimum Gasteiger partial charge on any atom is -0.341 e. The Labute approximate surface area is 108 Å². The van der Waals surface area contributed by atoms with Crippen LogP contribution in [0.4, 0.5) is 0 Å².